The van der Waals surface area contributed by atoms with Crippen LogP contribution in [0.4, 0.5) is 8.78 Å². The van der Waals surface area contributed by atoms with Gasteiger partial charge in [-0.15, -0.1) is 0 Å². The van der Waals surface area contributed by atoms with Gasteiger partial charge in [0.2, 0.25) is 5.91 Å². The number of nitrogens with zero attached hydrogens (tertiary/aromatic N) is 1. The number of carboxylic acid groups (broad SMARTS) is 1. The fraction of sp³-hybridized carbons (Fsp3) is 0.818. The van der Waals surface area contributed by atoms with E-state index in [0.717, 1.165) is 0 Å². The van der Waals surface area contributed by atoms with E-state index in [1.807, 2.05) is 0 Å². The Morgan fingerprint density at radius 3 is 2.33 bits per heavy atom. The molecule has 0 saturated heterocycles. The lowest BCUT2D eigenvalue weighted by molar-refractivity contribution is -0.139. The lowest BCUT2D eigenvalue weighted by atomic mass is 10.2. The molecule has 7 heteroatoms. The highest BCUT2D eigenvalue weighted by Crippen LogP contribution is 2.04. The van der Waals surface area contributed by atoms with Gasteiger partial charge in [-0.1, -0.05) is 0 Å². The molecule has 0 aromatic rings. The molecule has 0 aliphatic heterocycles. The third-order valence-corrected chi connectivity index (χ3v) is 2.21. The Balaban J connectivity index is 4.02. The van der Waals surface area contributed by atoms with Crippen molar-refractivity contribution in [3.8, 4) is 0 Å². The monoisotopic (exact) mass is 267 g/mol. The predicted octanol–water partition coefficient (Wildman–Crippen LogP) is 1.37. The van der Waals surface area contributed by atoms with E-state index in [0.29, 0.717) is 0 Å². The molecule has 18 heavy (non-hydrogen) atoms. The fourth-order valence-electron chi connectivity index (χ4n) is 1.36. The van der Waals surface area contributed by atoms with Crippen LogP contribution in [0.1, 0.15) is 26.7 Å². The van der Waals surface area contributed by atoms with Gasteiger partial charge in [-0.05, 0) is 13.8 Å². The van der Waals surface area contributed by atoms with E-state index in [9.17, 15) is 18.4 Å². The van der Waals surface area contributed by atoms with Crippen molar-refractivity contribution in [3.63, 3.8) is 0 Å². The van der Waals surface area contributed by atoms with E-state index in [-0.39, 0.29) is 37.9 Å². The molecule has 5 nitrogen and oxygen atoms in total. The third kappa shape index (κ3) is 7.94. The van der Waals surface area contributed by atoms with Crippen LogP contribution in [0.15, 0.2) is 0 Å². The van der Waals surface area contributed by atoms with Gasteiger partial charge >= 0.3 is 5.97 Å². The van der Waals surface area contributed by atoms with Crippen molar-refractivity contribution in [2.24, 2.45) is 0 Å². The van der Waals surface area contributed by atoms with E-state index >= 15 is 0 Å². The van der Waals surface area contributed by atoms with Gasteiger partial charge in [0, 0.05) is 12.6 Å². The van der Waals surface area contributed by atoms with Gasteiger partial charge in [0.05, 0.1) is 19.4 Å². The SMILES string of the molecule is CC(C)N(CCC(=O)O)C(=O)CCOCC(F)F. The molecular weight excluding hydrogens is 248 g/mol. The third-order valence-electron chi connectivity index (χ3n) is 2.21. The highest BCUT2D eigenvalue weighted by Gasteiger charge is 2.17. The molecular formula is C11H19F2NO4. The van der Waals surface area contributed by atoms with Gasteiger partial charge in [-0.3, -0.25) is 9.59 Å². The highest BCUT2D eigenvalue weighted by molar-refractivity contribution is 5.77. The summed E-state index contributed by atoms with van der Waals surface area (Å²) in [4.78, 5) is 23.5. The van der Waals surface area contributed by atoms with Crippen molar-refractivity contribution in [2.45, 2.75) is 39.2 Å². The van der Waals surface area contributed by atoms with Gasteiger partial charge in [0.15, 0.2) is 0 Å². The number of aliphatic carboxylic acids is 1. The zero-order valence-electron chi connectivity index (χ0n) is 10.6. The summed E-state index contributed by atoms with van der Waals surface area (Å²) in [6.45, 7) is 2.86. The average Bonchev–Trinajstić information content (AvgIpc) is 2.23. The van der Waals surface area contributed by atoms with E-state index in [1.54, 1.807) is 13.8 Å². The number of carbonyl (C=O) groups excluding carboxylic acids is 1. The molecule has 1 amide bonds. The van der Waals surface area contributed by atoms with Crippen LogP contribution in [0.3, 0.4) is 0 Å². The summed E-state index contributed by atoms with van der Waals surface area (Å²) in [5.74, 6) is -1.28. The number of carboxylic acids is 1. The zero-order valence-corrected chi connectivity index (χ0v) is 10.6. The van der Waals surface area contributed by atoms with Crippen LogP contribution in [-0.2, 0) is 14.3 Å². The van der Waals surface area contributed by atoms with Crippen LogP contribution in [0.5, 0.6) is 0 Å². The smallest absolute Gasteiger partial charge is 0.305 e. The van der Waals surface area contributed by atoms with E-state index in [1.165, 1.54) is 4.90 Å². The van der Waals surface area contributed by atoms with Crippen molar-refractivity contribution in [1.29, 1.82) is 0 Å². The molecule has 0 saturated carbocycles. The first-order chi connectivity index (χ1) is 8.34. The van der Waals surface area contributed by atoms with Crippen molar-refractivity contribution >= 4 is 11.9 Å². The number of alkyl halides is 2. The van der Waals surface area contributed by atoms with Crippen LogP contribution in [-0.4, -0.2) is 54.1 Å². The summed E-state index contributed by atoms with van der Waals surface area (Å²) < 4.78 is 28.1. The van der Waals surface area contributed by atoms with Crippen molar-refractivity contribution < 1.29 is 28.2 Å². The maximum absolute atomic E-state index is 11.8. The fourth-order valence-corrected chi connectivity index (χ4v) is 1.36. The van der Waals surface area contributed by atoms with Gasteiger partial charge < -0.3 is 14.7 Å². The standard InChI is InChI=1S/C11H19F2NO4/c1-8(2)14(5-3-11(16)17)10(15)4-6-18-7-9(12)13/h8-9H,3-7H2,1-2H3,(H,16,17). The minimum atomic E-state index is -2.55. The first kappa shape index (κ1) is 16.8. The molecule has 0 unspecified atom stereocenters. The number of rotatable bonds is 9. The minimum Gasteiger partial charge on any atom is -0.481 e. The summed E-state index contributed by atoms with van der Waals surface area (Å²) in [6, 6.07) is -0.132. The number of carbonyl (C=O) groups is 2. The largest absolute Gasteiger partial charge is 0.481 e. The normalized spacial score (nSPS) is 11.0. The minimum absolute atomic E-state index is 0.0233. The number of hydrogen-bond acceptors (Lipinski definition) is 3. The highest BCUT2D eigenvalue weighted by atomic mass is 19.3. The van der Waals surface area contributed by atoms with Crippen molar-refractivity contribution in [3.05, 3.63) is 0 Å². The van der Waals surface area contributed by atoms with Crippen molar-refractivity contribution in [2.75, 3.05) is 19.8 Å². The Labute approximate surface area is 105 Å². The van der Waals surface area contributed by atoms with Gasteiger partial charge in [-0.25, -0.2) is 8.78 Å². The van der Waals surface area contributed by atoms with Crippen LogP contribution in [0, 0.1) is 0 Å². The lowest BCUT2D eigenvalue weighted by Crippen LogP contribution is -2.39. The topological polar surface area (TPSA) is 66.8 Å². The first-order valence-corrected chi connectivity index (χ1v) is 5.71. The second-order valence-corrected chi connectivity index (χ2v) is 4.04. The van der Waals surface area contributed by atoms with Crippen LogP contribution >= 0.6 is 0 Å². The summed E-state index contributed by atoms with van der Waals surface area (Å²) in [5.41, 5.74) is 0. The van der Waals surface area contributed by atoms with Gasteiger partial charge in [-0.2, -0.15) is 0 Å². The zero-order chi connectivity index (χ0) is 14.1. The molecule has 1 N–H and O–H groups in total. The molecule has 106 valence electrons. The molecule has 0 rings (SSSR count). The van der Waals surface area contributed by atoms with E-state index in [4.69, 9.17) is 5.11 Å². The van der Waals surface area contributed by atoms with E-state index in [2.05, 4.69) is 4.74 Å². The number of ether oxygens (including phenoxy) is 1. The Hall–Kier alpha value is -1.24. The van der Waals surface area contributed by atoms with E-state index < -0.39 is 19.0 Å². The van der Waals surface area contributed by atoms with Crippen molar-refractivity contribution in [1.82, 2.24) is 4.90 Å². The molecule has 0 aliphatic carbocycles. The molecule has 0 spiro atoms. The maximum atomic E-state index is 11.8. The van der Waals surface area contributed by atoms with Gasteiger partial charge in [0.1, 0.15) is 6.61 Å². The molecule has 0 aromatic heterocycles. The maximum Gasteiger partial charge on any atom is 0.305 e. The van der Waals surface area contributed by atoms with Crippen LogP contribution in [0.2, 0.25) is 0 Å². The lowest BCUT2D eigenvalue weighted by Gasteiger charge is -2.26. The number of hydrogen-bond donors (Lipinski definition) is 1. The molecule has 0 fully saturated rings. The Kier molecular flexibility index (Phi) is 8.19. The average molecular weight is 267 g/mol. The summed E-state index contributed by atoms with van der Waals surface area (Å²) >= 11 is 0. The number of halogens is 2. The summed E-state index contributed by atoms with van der Waals surface area (Å²) in [7, 11) is 0. The molecule has 0 aliphatic rings. The summed E-state index contributed by atoms with van der Waals surface area (Å²) in [6.07, 6.45) is -2.71. The number of amides is 1. The predicted molar refractivity (Wildman–Crippen MR) is 60.5 cm³/mol. The van der Waals surface area contributed by atoms with Crippen LogP contribution < -0.4 is 0 Å². The second-order valence-electron chi connectivity index (χ2n) is 4.04. The Bertz CT molecular complexity index is 272. The molecule has 0 atom stereocenters. The molecule has 0 radical (unpaired) electrons. The molecule has 0 heterocycles. The quantitative estimate of drug-likeness (QED) is 0.641. The first-order valence-electron chi connectivity index (χ1n) is 5.71. The molecule has 0 aromatic carbocycles. The molecule has 0 bridgehead atoms. The Morgan fingerprint density at radius 2 is 1.89 bits per heavy atom. The summed E-state index contributed by atoms with van der Waals surface area (Å²) in [5, 5.41) is 8.56. The Morgan fingerprint density at radius 1 is 1.28 bits per heavy atom. The second kappa shape index (κ2) is 8.79. The van der Waals surface area contributed by atoms with Gasteiger partial charge in [0.25, 0.3) is 6.43 Å². The van der Waals surface area contributed by atoms with Crippen LogP contribution in [0.25, 0.3) is 0 Å².